The summed E-state index contributed by atoms with van der Waals surface area (Å²) in [5.74, 6) is 0.0422. The topological polar surface area (TPSA) is 103 Å². The Kier molecular flexibility index (Phi) is 9.45. The lowest BCUT2D eigenvalue weighted by Crippen LogP contribution is -2.34. The van der Waals surface area contributed by atoms with Crippen molar-refractivity contribution in [1.82, 2.24) is 10.6 Å². The smallest absolute Gasteiger partial charge is 0.336 e. The number of allylic oxidation sites excluding steroid dienone is 1. The number of esters is 2. The van der Waals surface area contributed by atoms with Gasteiger partial charge in [0.15, 0.2) is 0 Å². The summed E-state index contributed by atoms with van der Waals surface area (Å²) in [7, 11) is 2.87. The summed E-state index contributed by atoms with van der Waals surface area (Å²) in [5, 5.41) is 5.82. The molecular weight excluding hydrogens is 420 g/mol. The summed E-state index contributed by atoms with van der Waals surface area (Å²) in [6.45, 7) is 4.22. The molecule has 1 aromatic rings. The number of hydrogen-bond acceptors (Lipinski definition) is 8. The van der Waals surface area contributed by atoms with Gasteiger partial charge in [-0.1, -0.05) is 12.1 Å². The van der Waals surface area contributed by atoms with Crippen LogP contribution in [0.1, 0.15) is 25.3 Å². The average Bonchev–Trinajstić information content (AvgIpc) is 2.78. The van der Waals surface area contributed by atoms with E-state index in [1.54, 1.807) is 44.9 Å². The van der Waals surface area contributed by atoms with Crippen LogP contribution >= 0.6 is 11.8 Å². The molecule has 0 aromatic heterocycles. The van der Waals surface area contributed by atoms with E-state index in [9.17, 15) is 14.4 Å². The molecule has 0 saturated carbocycles. The van der Waals surface area contributed by atoms with Gasteiger partial charge in [0, 0.05) is 29.4 Å². The fourth-order valence-electron chi connectivity index (χ4n) is 3.36. The summed E-state index contributed by atoms with van der Waals surface area (Å²) < 4.78 is 15.7. The van der Waals surface area contributed by atoms with Crippen LogP contribution in [0.4, 0.5) is 0 Å². The first-order valence-electron chi connectivity index (χ1n) is 9.83. The van der Waals surface area contributed by atoms with E-state index in [1.165, 1.54) is 7.11 Å². The number of benzene rings is 1. The zero-order valence-electron chi connectivity index (χ0n) is 18.2. The molecular formula is C22H28N2O6S. The monoisotopic (exact) mass is 448 g/mol. The zero-order chi connectivity index (χ0) is 22.8. The lowest BCUT2D eigenvalue weighted by molar-refractivity contribution is -0.139. The van der Waals surface area contributed by atoms with Crippen LogP contribution in [-0.4, -0.2) is 57.2 Å². The predicted octanol–water partition coefficient (Wildman–Crippen LogP) is 2.13. The Morgan fingerprint density at radius 1 is 1.23 bits per heavy atom. The third kappa shape index (κ3) is 6.04. The first-order chi connectivity index (χ1) is 15.0. The highest BCUT2D eigenvalue weighted by Crippen LogP contribution is 2.40. The number of dihydropyridines is 1. The lowest BCUT2D eigenvalue weighted by atomic mass is 9.80. The van der Waals surface area contributed by atoms with Gasteiger partial charge in [0.05, 0.1) is 37.9 Å². The number of amides is 1. The van der Waals surface area contributed by atoms with E-state index in [1.807, 2.05) is 12.1 Å². The second-order valence-corrected chi connectivity index (χ2v) is 7.71. The predicted molar refractivity (Wildman–Crippen MR) is 119 cm³/mol. The maximum absolute atomic E-state index is 13.1. The molecule has 9 heteroatoms. The number of rotatable bonds is 11. The molecule has 0 spiro atoms. The van der Waals surface area contributed by atoms with Crippen molar-refractivity contribution in [3.63, 3.8) is 0 Å². The van der Waals surface area contributed by atoms with Crippen LogP contribution in [0, 0.1) is 0 Å². The highest BCUT2D eigenvalue weighted by molar-refractivity contribution is 7.99. The molecule has 0 aliphatic carbocycles. The van der Waals surface area contributed by atoms with Gasteiger partial charge < -0.3 is 24.8 Å². The van der Waals surface area contributed by atoms with Gasteiger partial charge in [-0.2, -0.15) is 11.8 Å². The summed E-state index contributed by atoms with van der Waals surface area (Å²) >= 11 is 1.55. The van der Waals surface area contributed by atoms with Crippen molar-refractivity contribution in [2.24, 2.45) is 0 Å². The molecule has 1 aliphatic heterocycles. The minimum atomic E-state index is -0.674. The number of methoxy groups -OCH3 is 2. The van der Waals surface area contributed by atoms with Crippen molar-refractivity contribution < 1.29 is 28.6 Å². The molecule has 1 aromatic carbocycles. The summed E-state index contributed by atoms with van der Waals surface area (Å²) in [5.41, 5.74) is 2.68. The van der Waals surface area contributed by atoms with Gasteiger partial charge in [0.2, 0.25) is 6.41 Å². The number of nitrogens with one attached hydrogen (secondary N) is 2. The Morgan fingerprint density at radius 2 is 2.00 bits per heavy atom. The van der Waals surface area contributed by atoms with Crippen LogP contribution in [0.5, 0.6) is 5.75 Å². The van der Waals surface area contributed by atoms with Gasteiger partial charge in [-0.25, -0.2) is 9.59 Å². The maximum atomic E-state index is 13.1. The fourth-order valence-corrected chi connectivity index (χ4v) is 4.20. The second kappa shape index (κ2) is 12.0. The third-order valence-corrected chi connectivity index (χ3v) is 5.68. The minimum Gasteiger partial charge on any atom is -0.497 e. The minimum absolute atomic E-state index is 0.201. The first-order valence-corrected chi connectivity index (χ1v) is 11.0. The molecule has 2 N–H and O–H groups in total. The van der Waals surface area contributed by atoms with E-state index in [2.05, 4.69) is 10.6 Å². The largest absolute Gasteiger partial charge is 0.497 e. The van der Waals surface area contributed by atoms with E-state index >= 15 is 0 Å². The maximum Gasteiger partial charge on any atom is 0.336 e. The Bertz CT molecular complexity index is 881. The summed E-state index contributed by atoms with van der Waals surface area (Å²) in [6, 6.07) is 7.24. The van der Waals surface area contributed by atoms with Gasteiger partial charge in [-0.05, 0) is 31.5 Å². The highest BCUT2D eigenvalue weighted by atomic mass is 32.2. The van der Waals surface area contributed by atoms with Crippen LogP contribution < -0.4 is 15.4 Å². The molecule has 1 aliphatic rings. The first kappa shape index (κ1) is 24.3. The van der Waals surface area contributed by atoms with Crippen molar-refractivity contribution >= 4 is 30.1 Å². The van der Waals surface area contributed by atoms with Gasteiger partial charge in [0.1, 0.15) is 5.75 Å². The van der Waals surface area contributed by atoms with Crippen molar-refractivity contribution in [2.75, 3.05) is 38.9 Å². The van der Waals surface area contributed by atoms with E-state index in [0.29, 0.717) is 58.3 Å². The van der Waals surface area contributed by atoms with Crippen molar-refractivity contribution in [3.05, 3.63) is 52.4 Å². The number of carbonyl (C=O) groups excluding carboxylic acids is 3. The van der Waals surface area contributed by atoms with E-state index in [-0.39, 0.29) is 6.61 Å². The Labute approximate surface area is 186 Å². The molecule has 1 unspecified atom stereocenters. The summed E-state index contributed by atoms with van der Waals surface area (Å²) in [6.07, 6.45) is 0.650. The standard InChI is InChI=1S/C22H28N2O6S/c1-5-30-22(27)20-17(12-31-10-9-23-13-25)24-14(2)18(21(26)29-4)19(20)15-7-6-8-16(11-15)28-3/h6-8,11,13,19,24H,5,9-10,12H2,1-4H3,(H,23,25). The lowest BCUT2D eigenvalue weighted by Gasteiger charge is -2.31. The molecule has 1 heterocycles. The average molecular weight is 449 g/mol. The van der Waals surface area contributed by atoms with Gasteiger partial charge in [-0.15, -0.1) is 0 Å². The Morgan fingerprint density at radius 3 is 2.65 bits per heavy atom. The molecule has 0 fully saturated rings. The SMILES string of the molecule is CCOC(=O)C1=C(CSCCNC=O)NC(C)=C(C(=O)OC)C1c1cccc(OC)c1. The molecule has 1 amide bonds. The number of ether oxygens (including phenoxy) is 3. The molecule has 0 saturated heterocycles. The van der Waals surface area contributed by atoms with Crippen molar-refractivity contribution in [3.8, 4) is 5.75 Å². The van der Waals surface area contributed by atoms with E-state index in [4.69, 9.17) is 14.2 Å². The number of carbonyl (C=O) groups is 3. The van der Waals surface area contributed by atoms with Crippen LogP contribution in [0.15, 0.2) is 46.8 Å². The van der Waals surface area contributed by atoms with Crippen LogP contribution in [0.25, 0.3) is 0 Å². The highest BCUT2D eigenvalue weighted by Gasteiger charge is 2.38. The fraction of sp³-hybridized carbons (Fsp3) is 0.409. The summed E-state index contributed by atoms with van der Waals surface area (Å²) in [4.78, 5) is 36.2. The van der Waals surface area contributed by atoms with Crippen LogP contribution in [0.2, 0.25) is 0 Å². The quantitative estimate of drug-likeness (QED) is 0.302. The molecule has 31 heavy (non-hydrogen) atoms. The Balaban J connectivity index is 2.57. The molecule has 0 radical (unpaired) electrons. The Hall–Kier alpha value is -2.94. The number of hydrogen-bond donors (Lipinski definition) is 2. The zero-order valence-corrected chi connectivity index (χ0v) is 19.0. The van der Waals surface area contributed by atoms with Crippen molar-refractivity contribution in [2.45, 2.75) is 19.8 Å². The van der Waals surface area contributed by atoms with Gasteiger partial charge >= 0.3 is 11.9 Å². The van der Waals surface area contributed by atoms with Crippen molar-refractivity contribution in [1.29, 1.82) is 0 Å². The van der Waals surface area contributed by atoms with Crippen LogP contribution in [0.3, 0.4) is 0 Å². The molecule has 168 valence electrons. The third-order valence-electron chi connectivity index (χ3n) is 4.69. The molecule has 2 rings (SSSR count). The van der Waals surface area contributed by atoms with E-state index < -0.39 is 17.9 Å². The molecule has 0 bridgehead atoms. The van der Waals surface area contributed by atoms with E-state index in [0.717, 1.165) is 0 Å². The molecule has 8 nitrogen and oxygen atoms in total. The number of thioether (sulfide) groups is 1. The van der Waals surface area contributed by atoms with Gasteiger partial charge in [0.25, 0.3) is 0 Å². The normalized spacial score (nSPS) is 15.8. The van der Waals surface area contributed by atoms with Gasteiger partial charge in [-0.3, -0.25) is 4.79 Å². The second-order valence-electron chi connectivity index (χ2n) is 6.60. The van der Waals surface area contributed by atoms with Crippen LogP contribution in [-0.2, 0) is 23.9 Å². The molecule has 1 atom stereocenters.